The van der Waals surface area contributed by atoms with Crippen LogP contribution in [0.4, 0.5) is 17.3 Å². The Morgan fingerprint density at radius 2 is 1.89 bits per heavy atom. The third kappa shape index (κ3) is 4.69. The Balaban J connectivity index is 1.82. The van der Waals surface area contributed by atoms with E-state index in [1.54, 1.807) is 12.1 Å². The predicted molar refractivity (Wildman–Crippen MR) is 133 cm³/mol. The first-order valence-electron chi connectivity index (χ1n) is 10.6. The Labute approximate surface area is 206 Å². The van der Waals surface area contributed by atoms with E-state index >= 15 is 0 Å². The standard InChI is InChI=1S/C24H21ClN8O2/c1-2-34-17-8-14(16(25)9-18(17)35-11-13-6-4-3-5-7-13)21-19-20(28)15(10-26)22(29)32-23(19)33-24(31-21)30-12-27/h3-9,21H,2,11H2,1H3,(H6,28,29,30,31,32,33). The van der Waals surface area contributed by atoms with Gasteiger partial charge in [-0.2, -0.15) is 10.5 Å². The minimum absolute atomic E-state index is 0.0337. The molecule has 10 nitrogen and oxygen atoms in total. The van der Waals surface area contributed by atoms with Crippen LogP contribution in [0.3, 0.4) is 0 Å². The molecular weight excluding hydrogens is 468 g/mol. The number of nitrogens with one attached hydrogen (secondary N) is 2. The van der Waals surface area contributed by atoms with Gasteiger partial charge in [0.2, 0.25) is 5.96 Å². The molecule has 0 fully saturated rings. The van der Waals surface area contributed by atoms with E-state index in [-0.39, 0.29) is 28.8 Å². The molecule has 0 bridgehead atoms. The van der Waals surface area contributed by atoms with Crippen molar-refractivity contribution in [1.29, 1.82) is 10.5 Å². The van der Waals surface area contributed by atoms with E-state index in [1.807, 2.05) is 49.5 Å². The van der Waals surface area contributed by atoms with Crippen LogP contribution < -0.4 is 31.6 Å². The number of aromatic nitrogens is 1. The summed E-state index contributed by atoms with van der Waals surface area (Å²) in [4.78, 5) is 8.81. The summed E-state index contributed by atoms with van der Waals surface area (Å²) >= 11 is 6.70. The second kappa shape index (κ2) is 10.1. The van der Waals surface area contributed by atoms with Gasteiger partial charge in [0.05, 0.1) is 17.3 Å². The molecule has 2 aromatic carbocycles. The minimum Gasteiger partial charge on any atom is -0.490 e. The zero-order valence-electron chi connectivity index (χ0n) is 18.7. The monoisotopic (exact) mass is 488 g/mol. The SMILES string of the molecule is CCOc1cc(C2N=C(NC#N)Nc3nc(N)c(C#N)c(N)c32)c(Cl)cc1OCc1ccccc1. The van der Waals surface area contributed by atoms with Crippen molar-refractivity contribution in [1.82, 2.24) is 10.3 Å². The molecule has 1 unspecified atom stereocenters. The Morgan fingerprint density at radius 1 is 1.14 bits per heavy atom. The number of hydrogen-bond donors (Lipinski definition) is 4. The van der Waals surface area contributed by atoms with Gasteiger partial charge in [-0.3, -0.25) is 5.32 Å². The van der Waals surface area contributed by atoms with Crippen LogP contribution in [0.5, 0.6) is 11.5 Å². The van der Waals surface area contributed by atoms with Crippen molar-refractivity contribution < 1.29 is 9.47 Å². The molecular formula is C24H21ClN8O2. The number of nitriles is 2. The van der Waals surface area contributed by atoms with E-state index in [1.165, 1.54) is 0 Å². The van der Waals surface area contributed by atoms with E-state index in [2.05, 4.69) is 20.6 Å². The number of rotatable bonds is 6. The molecule has 3 aromatic rings. The molecule has 0 spiro atoms. The van der Waals surface area contributed by atoms with Crippen LogP contribution in [0.2, 0.25) is 5.02 Å². The summed E-state index contributed by atoms with van der Waals surface area (Å²) in [6, 6.07) is 14.2. The average molecular weight is 489 g/mol. The molecule has 0 saturated carbocycles. The number of fused-ring (bicyclic) bond motifs is 1. The molecule has 176 valence electrons. The Kier molecular flexibility index (Phi) is 6.76. The number of hydrogen-bond acceptors (Lipinski definition) is 10. The van der Waals surface area contributed by atoms with E-state index in [0.717, 1.165) is 5.56 Å². The van der Waals surface area contributed by atoms with Crippen molar-refractivity contribution in [3.63, 3.8) is 0 Å². The second-order valence-corrected chi connectivity index (χ2v) is 7.84. The number of benzene rings is 2. The van der Waals surface area contributed by atoms with Crippen LogP contribution in [-0.4, -0.2) is 17.6 Å². The molecule has 11 heteroatoms. The molecule has 1 aliphatic rings. The maximum atomic E-state index is 9.53. The van der Waals surface area contributed by atoms with E-state index in [4.69, 9.17) is 37.8 Å². The number of anilines is 3. The highest BCUT2D eigenvalue weighted by Gasteiger charge is 2.31. The summed E-state index contributed by atoms with van der Waals surface area (Å²) in [6.07, 6.45) is 1.82. The Morgan fingerprint density at radius 3 is 2.57 bits per heavy atom. The van der Waals surface area contributed by atoms with Gasteiger partial charge in [-0.25, -0.2) is 9.98 Å². The topological polar surface area (TPSA) is 167 Å². The van der Waals surface area contributed by atoms with Gasteiger partial charge in [0.15, 0.2) is 17.7 Å². The normalized spacial score (nSPS) is 13.9. The van der Waals surface area contributed by atoms with Gasteiger partial charge in [-0.05, 0) is 18.6 Å². The molecule has 1 aromatic heterocycles. The molecule has 4 rings (SSSR count). The van der Waals surface area contributed by atoms with Crippen molar-refractivity contribution in [2.24, 2.45) is 4.99 Å². The van der Waals surface area contributed by atoms with E-state index in [9.17, 15) is 5.26 Å². The van der Waals surface area contributed by atoms with Crippen LogP contribution in [0.25, 0.3) is 0 Å². The molecule has 0 aliphatic carbocycles. The highest BCUT2D eigenvalue weighted by Crippen LogP contribution is 2.45. The third-order valence-corrected chi connectivity index (χ3v) is 5.58. The second-order valence-electron chi connectivity index (χ2n) is 7.43. The Bertz CT molecular complexity index is 1380. The van der Waals surface area contributed by atoms with Crippen molar-refractivity contribution in [2.75, 3.05) is 23.4 Å². The number of nitrogens with two attached hydrogens (primary N) is 2. The summed E-state index contributed by atoms with van der Waals surface area (Å²) in [5, 5.41) is 24.3. The smallest absolute Gasteiger partial charge is 0.211 e. The van der Waals surface area contributed by atoms with Crippen LogP contribution >= 0.6 is 11.6 Å². The summed E-state index contributed by atoms with van der Waals surface area (Å²) in [5.74, 6) is 1.25. The van der Waals surface area contributed by atoms with Crippen LogP contribution in [0.15, 0.2) is 47.5 Å². The highest BCUT2D eigenvalue weighted by atomic mass is 35.5. The van der Waals surface area contributed by atoms with Crippen LogP contribution in [0, 0.1) is 22.8 Å². The van der Waals surface area contributed by atoms with E-state index in [0.29, 0.717) is 40.9 Å². The van der Waals surface area contributed by atoms with Crippen LogP contribution in [0.1, 0.15) is 35.2 Å². The largest absolute Gasteiger partial charge is 0.490 e. The number of nitrogen functional groups attached to an aromatic ring is 2. The van der Waals surface area contributed by atoms with Crippen molar-refractivity contribution in [3.05, 3.63) is 69.7 Å². The number of pyridine rings is 1. The summed E-state index contributed by atoms with van der Waals surface area (Å²) in [6.45, 7) is 2.56. The van der Waals surface area contributed by atoms with Gasteiger partial charge in [0.25, 0.3) is 0 Å². The van der Waals surface area contributed by atoms with Gasteiger partial charge in [-0.15, -0.1) is 0 Å². The lowest BCUT2D eigenvalue weighted by atomic mass is 9.94. The molecule has 0 radical (unpaired) electrons. The lowest BCUT2D eigenvalue weighted by Crippen LogP contribution is -2.32. The molecule has 35 heavy (non-hydrogen) atoms. The highest BCUT2D eigenvalue weighted by molar-refractivity contribution is 6.31. The maximum absolute atomic E-state index is 9.53. The third-order valence-electron chi connectivity index (χ3n) is 5.25. The van der Waals surface area contributed by atoms with Gasteiger partial charge in [-0.1, -0.05) is 41.9 Å². The fraction of sp³-hybridized carbons (Fsp3) is 0.167. The zero-order chi connectivity index (χ0) is 24.9. The molecule has 0 saturated heterocycles. The quantitative estimate of drug-likeness (QED) is 0.298. The average Bonchev–Trinajstić information content (AvgIpc) is 2.84. The van der Waals surface area contributed by atoms with E-state index < -0.39 is 6.04 Å². The molecule has 2 heterocycles. The lowest BCUT2D eigenvalue weighted by molar-refractivity contribution is 0.269. The van der Waals surface area contributed by atoms with Crippen molar-refractivity contribution in [3.8, 4) is 23.8 Å². The maximum Gasteiger partial charge on any atom is 0.211 e. The number of ether oxygens (including phenoxy) is 2. The minimum atomic E-state index is -0.808. The van der Waals surface area contributed by atoms with Gasteiger partial charge in [0.1, 0.15) is 35.9 Å². The first-order chi connectivity index (χ1) is 17.0. The zero-order valence-corrected chi connectivity index (χ0v) is 19.4. The molecule has 1 aliphatic heterocycles. The molecule has 6 N–H and O–H groups in total. The molecule has 1 atom stereocenters. The first kappa shape index (κ1) is 23.5. The van der Waals surface area contributed by atoms with Crippen LogP contribution in [-0.2, 0) is 6.61 Å². The predicted octanol–water partition coefficient (Wildman–Crippen LogP) is 3.69. The number of halogens is 1. The van der Waals surface area contributed by atoms with Gasteiger partial charge < -0.3 is 26.3 Å². The Hall–Kier alpha value is -4.67. The number of guanidine groups is 1. The first-order valence-corrected chi connectivity index (χ1v) is 11.0. The fourth-order valence-corrected chi connectivity index (χ4v) is 3.94. The summed E-state index contributed by atoms with van der Waals surface area (Å²) in [7, 11) is 0. The van der Waals surface area contributed by atoms with Crippen molar-refractivity contribution >= 4 is 34.9 Å². The fourth-order valence-electron chi connectivity index (χ4n) is 3.68. The summed E-state index contributed by atoms with van der Waals surface area (Å²) in [5.41, 5.74) is 14.3. The van der Waals surface area contributed by atoms with Gasteiger partial charge in [0, 0.05) is 17.2 Å². The summed E-state index contributed by atoms with van der Waals surface area (Å²) < 4.78 is 11.8. The molecule has 0 amide bonds. The number of aliphatic imine (C=N–C) groups is 1. The lowest BCUT2D eigenvalue weighted by Gasteiger charge is -2.27. The number of nitrogens with zero attached hydrogens (tertiary/aromatic N) is 4. The van der Waals surface area contributed by atoms with Crippen molar-refractivity contribution in [2.45, 2.75) is 19.6 Å². The van der Waals surface area contributed by atoms with Gasteiger partial charge >= 0.3 is 0 Å².